The molecule has 32 heavy (non-hydrogen) atoms. The number of halogens is 4. The van der Waals surface area contributed by atoms with Gasteiger partial charge in [-0.3, -0.25) is 9.36 Å². The van der Waals surface area contributed by atoms with Crippen LogP contribution in [0.15, 0.2) is 36.4 Å². The smallest absolute Gasteiger partial charge is 0.452 e. The van der Waals surface area contributed by atoms with E-state index in [9.17, 15) is 18.0 Å². The van der Waals surface area contributed by atoms with Gasteiger partial charge in [-0.05, 0) is 36.8 Å². The molecule has 0 saturated heterocycles. The van der Waals surface area contributed by atoms with E-state index < -0.39 is 30.4 Å². The molecule has 11 heteroatoms. The standard InChI is InChI=1S/C21H17ClF3N3O4/c1-10-4-6-13(16(8-10)30-3)17-14-9-12(22)5-7-15(14)28-18(19(32-17)31-11(2)29)26-27-20(28)21(23,24)25/h4-9,17,19H,1-3H3. The zero-order chi connectivity index (χ0) is 23.2. The zero-order valence-electron chi connectivity index (χ0n) is 17.1. The highest BCUT2D eigenvalue weighted by Gasteiger charge is 2.44. The van der Waals surface area contributed by atoms with E-state index in [1.165, 1.54) is 25.3 Å². The number of carbonyl (C=O) groups excluding carboxylic acids is 1. The van der Waals surface area contributed by atoms with Gasteiger partial charge in [-0.15, -0.1) is 10.2 Å². The molecule has 2 unspecified atom stereocenters. The molecular weight excluding hydrogens is 451 g/mol. The van der Waals surface area contributed by atoms with Crippen molar-refractivity contribution in [1.82, 2.24) is 14.8 Å². The van der Waals surface area contributed by atoms with E-state index in [-0.39, 0.29) is 16.5 Å². The lowest BCUT2D eigenvalue weighted by molar-refractivity contribution is -0.189. The quantitative estimate of drug-likeness (QED) is 0.508. The van der Waals surface area contributed by atoms with E-state index in [2.05, 4.69) is 10.2 Å². The van der Waals surface area contributed by atoms with Crippen molar-refractivity contribution in [3.05, 3.63) is 69.8 Å². The minimum absolute atomic E-state index is 0.0870. The van der Waals surface area contributed by atoms with Gasteiger partial charge >= 0.3 is 12.1 Å². The molecule has 0 radical (unpaired) electrons. The van der Waals surface area contributed by atoms with Crippen molar-refractivity contribution in [1.29, 1.82) is 0 Å². The number of esters is 1. The second kappa shape index (κ2) is 8.10. The molecular formula is C21H17ClF3N3O4. The van der Waals surface area contributed by atoms with Gasteiger partial charge in [-0.25, -0.2) is 0 Å². The highest BCUT2D eigenvalue weighted by Crippen LogP contribution is 2.45. The first-order chi connectivity index (χ1) is 15.1. The van der Waals surface area contributed by atoms with Crippen LogP contribution in [0.5, 0.6) is 5.75 Å². The predicted octanol–water partition coefficient (Wildman–Crippen LogP) is 4.94. The maximum atomic E-state index is 13.8. The Hall–Kier alpha value is -3.11. The molecule has 168 valence electrons. The summed E-state index contributed by atoms with van der Waals surface area (Å²) in [7, 11) is 1.47. The van der Waals surface area contributed by atoms with Gasteiger partial charge < -0.3 is 14.2 Å². The summed E-state index contributed by atoms with van der Waals surface area (Å²) in [6.07, 6.45) is -7.39. The minimum atomic E-state index is -4.83. The fourth-order valence-corrected chi connectivity index (χ4v) is 3.75. The molecule has 0 amide bonds. The van der Waals surface area contributed by atoms with Gasteiger partial charge in [0.1, 0.15) is 11.9 Å². The van der Waals surface area contributed by atoms with Crippen LogP contribution in [0.2, 0.25) is 5.02 Å². The van der Waals surface area contributed by atoms with Gasteiger partial charge in [-0.2, -0.15) is 13.2 Å². The summed E-state index contributed by atoms with van der Waals surface area (Å²) in [5, 5.41) is 7.22. The number of benzene rings is 2. The Morgan fingerprint density at radius 2 is 1.91 bits per heavy atom. The average Bonchev–Trinajstić information content (AvgIpc) is 3.12. The lowest BCUT2D eigenvalue weighted by Gasteiger charge is -2.24. The van der Waals surface area contributed by atoms with E-state index >= 15 is 0 Å². The number of carbonyl (C=O) groups is 1. The van der Waals surface area contributed by atoms with Crippen LogP contribution >= 0.6 is 11.6 Å². The van der Waals surface area contributed by atoms with Gasteiger partial charge in [0.15, 0.2) is 0 Å². The van der Waals surface area contributed by atoms with Gasteiger partial charge in [0.25, 0.3) is 6.29 Å². The van der Waals surface area contributed by atoms with E-state index in [1.54, 1.807) is 18.2 Å². The number of alkyl halides is 3. The highest BCUT2D eigenvalue weighted by molar-refractivity contribution is 6.30. The van der Waals surface area contributed by atoms with Gasteiger partial charge in [-0.1, -0.05) is 23.7 Å². The van der Waals surface area contributed by atoms with E-state index in [4.69, 9.17) is 25.8 Å². The molecule has 2 heterocycles. The van der Waals surface area contributed by atoms with Crippen LogP contribution in [0.3, 0.4) is 0 Å². The Labute approximate surface area is 185 Å². The molecule has 1 aliphatic heterocycles. The van der Waals surface area contributed by atoms with Crippen molar-refractivity contribution in [3.63, 3.8) is 0 Å². The summed E-state index contributed by atoms with van der Waals surface area (Å²) in [6.45, 7) is 2.98. The molecule has 2 aromatic carbocycles. The Balaban J connectivity index is 2.03. The number of hydrogen-bond donors (Lipinski definition) is 0. The van der Waals surface area contributed by atoms with Crippen LogP contribution in [-0.2, 0) is 20.4 Å². The third-order valence-electron chi connectivity index (χ3n) is 4.87. The third-order valence-corrected chi connectivity index (χ3v) is 5.10. The fourth-order valence-electron chi connectivity index (χ4n) is 3.57. The minimum Gasteiger partial charge on any atom is -0.496 e. The second-order valence-corrected chi connectivity index (χ2v) is 7.56. The van der Waals surface area contributed by atoms with E-state index in [0.29, 0.717) is 16.9 Å². The molecule has 0 bridgehead atoms. The van der Waals surface area contributed by atoms with Crippen molar-refractivity contribution in [2.75, 3.05) is 7.11 Å². The molecule has 1 aliphatic rings. The predicted molar refractivity (Wildman–Crippen MR) is 107 cm³/mol. The van der Waals surface area contributed by atoms with Gasteiger partial charge in [0.2, 0.25) is 11.6 Å². The Morgan fingerprint density at radius 3 is 2.56 bits per heavy atom. The van der Waals surface area contributed by atoms with E-state index in [0.717, 1.165) is 17.1 Å². The maximum absolute atomic E-state index is 13.8. The van der Waals surface area contributed by atoms with Crippen LogP contribution in [0, 0.1) is 6.92 Å². The summed E-state index contributed by atoms with van der Waals surface area (Å²) in [6, 6.07) is 9.63. The molecule has 0 spiro atoms. The van der Waals surface area contributed by atoms with Gasteiger partial charge in [0.05, 0.1) is 12.8 Å². The Bertz CT molecular complexity index is 1200. The summed E-state index contributed by atoms with van der Waals surface area (Å²) < 4.78 is 58.8. The zero-order valence-corrected chi connectivity index (χ0v) is 17.9. The normalized spacial score (nSPS) is 17.8. The topological polar surface area (TPSA) is 75.5 Å². The first-order valence-corrected chi connectivity index (χ1v) is 9.77. The fraction of sp³-hybridized carbons (Fsp3) is 0.286. The third kappa shape index (κ3) is 3.91. The van der Waals surface area contributed by atoms with Crippen molar-refractivity contribution in [2.45, 2.75) is 32.4 Å². The summed E-state index contributed by atoms with van der Waals surface area (Å²) in [5.41, 5.74) is 1.79. The average molecular weight is 468 g/mol. The van der Waals surface area contributed by atoms with Gasteiger partial charge in [0, 0.05) is 23.1 Å². The highest BCUT2D eigenvalue weighted by atomic mass is 35.5. The molecule has 1 aromatic heterocycles. The molecule has 0 fully saturated rings. The number of methoxy groups -OCH3 is 1. The summed E-state index contributed by atoms with van der Waals surface area (Å²) >= 11 is 6.20. The molecule has 4 rings (SSSR count). The largest absolute Gasteiger partial charge is 0.496 e. The SMILES string of the molecule is COc1cc(C)ccc1C1OC(OC(C)=O)c2nnc(C(F)(F)F)n2-c2ccc(Cl)cc21. The summed E-state index contributed by atoms with van der Waals surface area (Å²) in [5.74, 6) is -1.94. The Morgan fingerprint density at radius 1 is 1.16 bits per heavy atom. The first kappa shape index (κ1) is 22.1. The molecule has 2 atom stereocenters. The molecule has 7 nitrogen and oxygen atoms in total. The van der Waals surface area contributed by atoms with Crippen LogP contribution in [0.25, 0.3) is 5.69 Å². The second-order valence-electron chi connectivity index (χ2n) is 7.12. The number of ether oxygens (including phenoxy) is 3. The lowest BCUT2D eigenvalue weighted by Crippen LogP contribution is -2.18. The number of hydrogen-bond acceptors (Lipinski definition) is 6. The van der Waals surface area contributed by atoms with Crippen molar-refractivity contribution in [2.24, 2.45) is 0 Å². The molecule has 0 saturated carbocycles. The van der Waals surface area contributed by atoms with Crippen LogP contribution in [0.4, 0.5) is 13.2 Å². The lowest BCUT2D eigenvalue weighted by atomic mass is 9.97. The Kier molecular flexibility index (Phi) is 5.59. The maximum Gasteiger partial charge on any atom is 0.452 e. The van der Waals surface area contributed by atoms with Crippen LogP contribution < -0.4 is 4.74 Å². The van der Waals surface area contributed by atoms with Crippen molar-refractivity contribution < 1.29 is 32.2 Å². The first-order valence-electron chi connectivity index (χ1n) is 9.39. The molecule has 0 N–H and O–H groups in total. The van der Waals surface area contributed by atoms with Crippen LogP contribution in [0.1, 0.15) is 47.7 Å². The number of aryl methyl sites for hydroxylation is 1. The van der Waals surface area contributed by atoms with Crippen LogP contribution in [-0.4, -0.2) is 27.8 Å². The monoisotopic (exact) mass is 467 g/mol. The van der Waals surface area contributed by atoms with Crippen molar-refractivity contribution in [3.8, 4) is 11.4 Å². The number of rotatable bonds is 3. The van der Waals surface area contributed by atoms with Crippen molar-refractivity contribution >= 4 is 17.6 Å². The number of fused-ring (bicyclic) bond motifs is 3. The van der Waals surface area contributed by atoms with E-state index in [1.807, 2.05) is 6.92 Å². The number of aromatic nitrogens is 3. The summed E-state index contributed by atoms with van der Waals surface area (Å²) in [4.78, 5) is 11.7. The molecule has 0 aliphatic carbocycles. The number of nitrogens with zero attached hydrogens (tertiary/aromatic N) is 3. The molecule has 3 aromatic rings.